The number of aromatic nitrogens is 5. The lowest BCUT2D eigenvalue weighted by Crippen LogP contribution is -2.48. The molecule has 6 rings (SSSR count). The topological polar surface area (TPSA) is 121 Å². The number of aliphatic hydroxyl groups is 1. The number of nitrogens with one attached hydrogen (secondary N) is 2. The number of hydrogen-bond acceptors (Lipinski definition) is 9. The number of likely N-dealkylation sites (tertiary alicyclic amines) is 1. The first-order valence-corrected chi connectivity index (χ1v) is 16.6. The lowest BCUT2D eigenvalue weighted by molar-refractivity contribution is -0.116. The molecule has 3 aromatic heterocycles. The zero-order valence-electron chi connectivity index (χ0n) is 27.9. The summed E-state index contributed by atoms with van der Waals surface area (Å²) in [4.78, 5) is 28.7. The highest BCUT2D eigenvalue weighted by Crippen LogP contribution is 2.31. The van der Waals surface area contributed by atoms with Gasteiger partial charge in [-0.15, -0.1) is 0 Å². The van der Waals surface area contributed by atoms with Crippen molar-refractivity contribution in [2.24, 2.45) is 5.92 Å². The van der Waals surface area contributed by atoms with Gasteiger partial charge in [-0.1, -0.05) is 62.9 Å². The number of rotatable bonds is 12. The van der Waals surface area contributed by atoms with E-state index in [1.807, 2.05) is 54.7 Å². The van der Waals surface area contributed by atoms with Crippen LogP contribution in [0.15, 0.2) is 73.3 Å². The van der Waals surface area contributed by atoms with E-state index in [2.05, 4.69) is 54.9 Å². The molecule has 1 aliphatic rings. The molecule has 10 nitrogen and oxygen atoms in total. The first-order chi connectivity index (χ1) is 23.1. The first kappa shape index (κ1) is 33.2. The maximum absolute atomic E-state index is 13.3. The van der Waals surface area contributed by atoms with Crippen molar-refractivity contribution in [2.45, 2.75) is 65.1 Å². The fourth-order valence-electron chi connectivity index (χ4n) is 6.34. The number of carbonyl (C=O) groups is 1. The molecule has 5 aromatic rings. The highest BCUT2D eigenvalue weighted by Gasteiger charge is 2.29. The molecule has 0 saturated carbocycles. The van der Waals surface area contributed by atoms with Crippen LogP contribution in [0.25, 0.3) is 27.7 Å². The predicted molar refractivity (Wildman–Crippen MR) is 188 cm³/mol. The Kier molecular flexibility index (Phi) is 9.79. The third-order valence-electron chi connectivity index (χ3n) is 9.23. The number of pyridine rings is 1. The lowest BCUT2D eigenvalue weighted by Gasteiger charge is -2.38. The number of anilines is 2. The summed E-state index contributed by atoms with van der Waals surface area (Å²) >= 11 is 0. The fraction of sp³-hybridized carbons (Fsp3) is 0.378. The summed E-state index contributed by atoms with van der Waals surface area (Å²) < 4.78 is 15.1. The number of piperidine rings is 1. The van der Waals surface area contributed by atoms with Crippen molar-refractivity contribution in [1.29, 1.82) is 0 Å². The standard InChI is InChI=1S/C37H43FN8O2/c1-22(2)31-20-42-46-35(31)43-36(40-19-28-13-15-45(23(3)4)21-33(28)48)44-37(46)41-18-27-8-6-7-9-29(27)34-30-11-10-25(17-32(47)24(5)38)16-26(30)12-14-39-34/h6-12,14,16,20,22-23,28,33,48H,5,13,15,17-19,21H2,1-4H3,(H2,40,41,43,44)/t28-,33+/m1/s1. The summed E-state index contributed by atoms with van der Waals surface area (Å²) in [6, 6.07) is 16.0. The molecule has 48 heavy (non-hydrogen) atoms. The zero-order valence-corrected chi connectivity index (χ0v) is 27.9. The molecular weight excluding hydrogens is 607 g/mol. The van der Waals surface area contributed by atoms with Gasteiger partial charge < -0.3 is 15.7 Å². The number of fused-ring (bicyclic) bond motifs is 2. The SMILES string of the molecule is C=C(F)C(=O)Cc1ccc2c(-c3ccccc3CNc3nc(NC[C@H]4CCN(C(C)C)C[C@@H]4O)nc4c(C(C)C)cnn34)nccc2c1. The molecule has 0 aliphatic carbocycles. The normalized spacial score (nSPS) is 17.0. The Morgan fingerprint density at radius 1 is 1.10 bits per heavy atom. The van der Waals surface area contributed by atoms with E-state index in [0.29, 0.717) is 43.1 Å². The maximum atomic E-state index is 13.3. The minimum atomic E-state index is -0.937. The molecule has 11 heteroatoms. The van der Waals surface area contributed by atoms with Crippen LogP contribution >= 0.6 is 0 Å². The van der Waals surface area contributed by atoms with Gasteiger partial charge in [0.25, 0.3) is 0 Å². The van der Waals surface area contributed by atoms with Gasteiger partial charge in [-0.05, 0) is 55.3 Å². The molecule has 0 bridgehead atoms. The second-order valence-corrected chi connectivity index (χ2v) is 13.2. The van der Waals surface area contributed by atoms with Crippen LogP contribution in [0.1, 0.15) is 56.7 Å². The number of nitrogens with zero attached hydrogens (tertiary/aromatic N) is 6. The Bertz CT molecular complexity index is 1960. The average Bonchev–Trinajstić information content (AvgIpc) is 3.51. The van der Waals surface area contributed by atoms with Crippen molar-refractivity contribution in [2.75, 3.05) is 30.3 Å². The van der Waals surface area contributed by atoms with Gasteiger partial charge >= 0.3 is 0 Å². The van der Waals surface area contributed by atoms with Gasteiger partial charge in [0.2, 0.25) is 11.9 Å². The molecule has 1 aliphatic heterocycles. The molecular formula is C37H43FN8O2. The number of halogens is 1. The molecule has 4 heterocycles. The van der Waals surface area contributed by atoms with Gasteiger partial charge in [-0.25, -0.2) is 4.39 Å². The van der Waals surface area contributed by atoms with Gasteiger partial charge in [-0.3, -0.25) is 14.7 Å². The smallest absolute Gasteiger partial charge is 0.229 e. The minimum Gasteiger partial charge on any atom is -0.391 e. The van der Waals surface area contributed by atoms with Crippen LogP contribution in [0, 0.1) is 5.92 Å². The molecule has 0 unspecified atom stereocenters. The van der Waals surface area contributed by atoms with Crippen molar-refractivity contribution in [3.05, 3.63) is 90.0 Å². The molecule has 250 valence electrons. The Labute approximate surface area is 280 Å². The van der Waals surface area contributed by atoms with Gasteiger partial charge in [0.1, 0.15) is 0 Å². The molecule has 2 aromatic carbocycles. The molecule has 1 fully saturated rings. The number of aliphatic hydroxyl groups excluding tert-OH is 1. The monoisotopic (exact) mass is 650 g/mol. The van der Waals surface area contributed by atoms with Gasteiger partial charge in [0.05, 0.1) is 18.0 Å². The second-order valence-electron chi connectivity index (χ2n) is 13.2. The Morgan fingerprint density at radius 2 is 1.92 bits per heavy atom. The van der Waals surface area contributed by atoms with Crippen LogP contribution in [0.3, 0.4) is 0 Å². The van der Waals surface area contributed by atoms with Crippen LogP contribution < -0.4 is 10.6 Å². The molecule has 2 atom stereocenters. The van der Waals surface area contributed by atoms with Gasteiger partial charge in [0, 0.05) is 60.7 Å². The highest BCUT2D eigenvalue weighted by molar-refractivity contribution is 5.98. The number of hydrogen-bond donors (Lipinski definition) is 3. The average molecular weight is 651 g/mol. The first-order valence-electron chi connectivity index (χ1n) is 16.6. The quantitative estimate of drug-likeness (QED) is 0.136. The van der Waals surface area contributed by atoms with Crippen LogP contribution in [0.2, 0.25) is 0 Å². The number of allylic oxidation sites excluding steroid dienone is 1. The molecule has 3 N–H and O–H groups in total. The Hall–Kier alpha value is -4.74. The van der Waals surface area contributed by atoms with Crippen LogP contribution in [0.5, 0.6) is 0 Å². The zero-order chi connectivity index (χ0) is 33.9. The van der Waals surface area contributed by atoms with E-state index in [1.54, 1.807) is 10.7 Å². The summed E-state index contributed by atoms with van der Waals surface area (Å²) in [5, 5.41) is 24.2. The van der Waals surface area contributed by atoms with Gasteiger partial charge in [-0.2, -0.15) is 19.6 Å². The van der Waals surface area contributed by atoms with E-state index in [9.17, 15) is 14.3 Å². The molecule has 0 amide bonds. The summed E-state index contributed by atoms with van der Waals surface area (Å²) in [5.41, 5.74) is 5.22. The van der Waals surface area contributed by atoms with E-state index in [0.717, 1.165) is 51.8 Å². The van der Waals surface area contributed by atoms with Crippen LogP contribution in [0.4, 0.5) is 16.3 Å². The molecule has 0 radical (unpaired) electrons. The highest BCUT2D eigenvalue weighted by atomic mass is 19.1. The fourth-order valence-corrected chi connectivity index (χ4v) is 6.34. The number of ketones is 1. The van der Waals surface area contributed by atoms with Crippen molar-refractivity contribution in [3.63, 3.8) is 0 Å². The molecule has 0 spiro atoms. The lowest BCUT2D eigenvalue weighted by atomic mass is 9.93. The predicted octanol–water partition coefficient (Wildman–Crippen LogP) is 6.17. The summed E-state index contributed by atoms with van der Waals surface area (Å²) in [6.45, 7) is 14.3. The minimum absolute atomic E-state index is 0.0440. The van der Waals surface area contributed by atoms with Crippen molar-refractivity contribution < 1.29 is 14.3 Å². The number of β-amino-alcohol motifs (C(OH)–C–C–N with tert-alkyl or cyclic N) is 1. The largest absolute Gasteiger partial charge is 0.391 e. The second kappa shape index (κ2) is 14.2. The van der Waals surface area contributed by atoms with Gasteiger partial charge in [0.15, 0.2) is 17.3 Å². The molecule has 1 saturated heterocycles. The third kappa shape index (κ3) is 7.07. The van der Waals surface area contributed by atoms with E-state index in [4.69, 9.17) is 15.0 Å². The number of carbonyl (C=O) groups excluding carboxylic acids is 1. The summed E-state index contributed by atoms with van der Waals surface area (Å²) in [5.74, 6) is -0.208. The number of benzene rings is 2. The van der Waals surface area contributed by atoms with Crippen molar-refractivity contribution in [1.82, 2.24) is 29.5 Å². The van der Waals surface area contributed by atoms with E-state index in [1.165, 1.54) is 0 Å². The summed E-state index contributed by atoms with van der Waals surface area (Å²) in [7, 11) is 0. The number of Topliss-reactive ketones (excluding diaryl/α,β-unsaturated/α-hetero) is 1. The van der Waals surface area contributed by atoms with Crippen molar-refractivity contribution in [3.8, 4) is 11.3 Å². The maximum Gasteiger partial charge on any atom is 0.229 e. The van der Waals surface area contributed by atoms with Crippen LogP contribution in [-0.4, -0.2) is 72.1 Å². The van der Waals surface area contributed by atoms with E-state index >= 15 is 0 Å². The Morgan fingerprint density at radius 3 is 2.67 bits per heavy atom. The van der Waals surface area contributed by atoms with E-state index < -0.39 is 17.7 Å². The third-order valence-corrected chi connectivity index (χ3v) is 9.23. The van der Waals surface area contributed by atoms with Crippen LogP contribution in [-0.2, 0) is 17.8 Å². The summed E-state index contributed by atoms with van der Waals surface area (Å²) in [6.07, 6.45) is 4.02. The van der Waals surface area contributed by atoms with E-state index in [-0.39, 0.29) is 18.3 Å². The van der Waals surface area contributed by atoms with Crippen molar-refractivity contribution >= 4 is 34.1 Å². The Balaban J connectivity index is 1.26.